The average molecular weight is 190 g/mol. The lowest BCUT2D eigenvalue weighted by atomic mass is 10.1. The van der Waals surface area contributed by atoms with Crippen LogP contribution in [0.2, 0.25) is 0 Å². The van der Waals surface area contributed by atoms with Crippen LogP contribution in [-0.4, -0.2) is 9.36 Å². The second-order valence-corrected chi connectivity index (χ2v) is 3.96. The smallest absolute Gasteiger partial charge is 0.173 e. The number of hydrogen-bond acceptors (Lipinski definition) is 3. The van der Waals surface area contributed by atoms with Crippen LogP contribution in [0.4, 0.5) is 0 Å². The van der Waals surface area contributed by atoms with Crippen molar-refractivity contribution in [1.29, 1.82) is 0 Å². The minimum Gasteiger partial charge on any atom is -0.220 e. The quantitative estimate of drug-likeness (QED) is 0.691. The van der Waals surface area contributed by atoms with Crippen molar-refractivity contribution in [3.05, 3.63) is 34.8 Å². The van der Waals surface area contributed by atoms with Gasteiger partial charge in [-0.1, -0.05) is 23.8 Å². The molecule has 1 heterocycles. The molecular formula is C10H10N2S. The molecule has 13 heavy (non-hydrogen) atoms. The third-order valence-corrected chi connectivity index (χ3v) is 2.42. The standard InChI is InChI=1S/C10H10N2S/c1-7-4-3-5-9(6-7)10-11-8(2)13-12-10/h3-6H,1-2H3. The summed E-state index contributed by atoms with van der Waals surface area (Å²) < 4.78 is 4.26. The second kappa shape index (κ2) is 3.26. The average Bonchev–Trinajstić information content (AvgIpc) is 2.52. The van der Waals surface area contributed by atoms with E-state index in [1.54, 1.807) is 0 Å². The van der Waals surface area contributed by atoms with Crippen LogP contribution in [0.25, 0.3) is 11.4 Å². The first-order valence-corrected chi connectivity index (χ1v) is 4.90. The first kappa shape index (κ1) is 8.38. The van der Waals surface area contributed by atoms with Crippen molar-refractivity contribution in [3.8, 4) is 11.4 Å². The number of nitrogens with zero attached hydrogens (tertiary/aromatic N) is 2. The van der Waals surface area contributed by atoms with Crippen molar-refractivity contribution in [2.45, 2.75) is 13.8 Å². The van der Waals surface area contributed by atoms with Gasteiger partial charge >= 0.3 is 0 Å². The number of rotatable bonds is 1. The first-order chi connectivity index (χ1) is 6.25. The zero-order valence-corrected chi connectivity index (χ0v) is 8.43. The fraction of sp³-hybridized carbons (Fsp3) is 0.200. The largest absolute Gasteiger partial charge is 0.220 e. The van der Waals surface area contributed by atoms with Crippen LogP contribution in [-0.2, 0) is 0 Å². The van der Waals surface area contributed by atoms with Crippen molar-refractivity contribution < 1.29 is 0 Å². The van der Waals surface area contributed by atoms with Gasteiger partial charge in [-0.05, 0) is 31.4 Å². The summed E-state index contributed by atoms with van der Waals surface area (Å²) in [5.41, 5.74) is 2.34. The zero-order valence-electron chi connectivity index (χ0n) is 7.61. The molecule has 0 amide bonds. The lowest BCUT2D eigenvalue weighted by molar-refractivity contribution is 1.25. The molecule has 0 aliphatic heterocycles. The molecule has 1 aromatic carbocycles. The Bertz CT molecular complexity index is 420. The van der Waals surface area contributed by atoms with Crippen LogP contribution in [0, 0.1) is 13.8 Å². The molecule has 0 N–H and O–H groups in total. The predicted molar refractivity (Wildman–Crippen MR) is 54.8 cm³/mol. The van der Waals surface area contributed by atoms with Crippen LogP contribution in [0.1, 0.15) is 10.6 Å². The molecule has 2 aromatic rings. The highest BCUT2D eigenvalue weighted by atomic mass is 32.1. The van der Waals surface area contributed by atoms with Gasteiger partial charge in [0.25, 0.3) is 0 Å². The highest BCUT2D eigenvalue weighted by Crippen LogP contribution is 2.18. The van der Waals surface area contributed by atoms with Crippen LogP contribution >= 0.6 is 11.5 Å². The fourth-order valence-electron chi connectivity index (χ4n) is 1.20. The Hall–Kier alpha value is -1.22. The van der Waals surface area contributed by atoms with Gasteiger partial charge in [-0.25, -0.2) is 4.98 Å². The number of aromatic nitrogens is 2. The molecule has 0 radical (unpaired) electrons. The van der Waals surface area contributed by atoms with E-state index >= 15 is 0 Å². The van der Waals surface area contributed by atoms with Gasteiger partial charge < -0.3 is 0 Å². The minimum atomic E-state index is 0.839. The van der Waals surface area contributed by atoms with E-state index < -0.39 is 0 Å². The Morgan fingerprint density at radius 2 is 2.08 bits per heavy atom. The summed E-state index contributed by atoms with van der Waals surface area (Å²) >= 11 is 1.44. The summed E-state index contributed by atoms with van der Waals surface area (Å²) in [6.07, 6.45) is 0. The second-order valence-electron chi connectivity index (χ2n) is 3.01. The summed E-state index contributed by atoms with van der Waals surface area (Å²) in [5.74, 6) is 0.839. The molecule has 0 aliphatic rings. The summed E-state index contributed by atoms with van der Waals surface area (Å²) in [7, 11) is 0. The predicted octanol–water partition coefficient (Wildman–Crippen LogP) is 2.82. The first-order valence-electron chi connectivity index (χ1n) is 4.13. The molecule has 0 aliphatic carbocycles. The summed E-state index contributed by atoms with van der Waals surface area (Å²) in [5, 5.41) is 1.01. The highest BCUT2D eigenvalue weighted by Gasteiger charge is 2.02. The summed E-state index contributed by atoms with van der Waals surface area (Å²) in [4.78, 5) is 4.33. The molecule has 0 unspecified atom stereocenters. The van der Waals surface area contributed by atoms with Gasteiger partial charge in [0.05, 0.1) is 0 Å². The van der Waals surface area contributed by atoms with Crippen molar-refractivity contribution >= 4 is 11.5 Å². The van der Waals surface area contributed by atoms with E-state index in [0.29, 0.717) is 0 Å². The minimum absolute atomic E-state index is 0.839. The Labute approximate surface area is 81.4 Å². The van der Waals surface area contributed by atoms with Crippen LogP contribution < -0.4 is 0 Å². The van der Waals surface area contributed by atoms with Crippen molar-refractivity contribution in [3.63, 3.8) is 0 Å². The molecule has 0 fully saturated rings. The molecule has 0 bridgehead atoms. The van der Waals surface area contributed by atoms with E-state index in [0.717, 1.165) is 16.4 Å². The molecule has 0 atom stereocenters. The molecule has 1 aromatic heterocycles. The molecule has 0 saturated heterocycles. The Morgan fingerprint density at radius 1 is 1.23 bits per heavy atom. The van der Waals surface area contributed by atoms with E-state index in [1.165, 1.54) is 17.1 Å². The van der Waals surface area contributed by atoms with E-state index in [4.69, 9.17) is 0 Å². The fourth-order valence-corrected chi connectivity index (χ4v) is 1.69. The normalized spacial score (nSPS) is 10.3. The van der Waals surface area contributed by atoms with Crippen molar-refractivity contribution in [2.75, 3.05) is 0 Å². The number of benzene rings is 1. The van der Waals surface area contributed by atoms with E-state index in [1.807, 2.05) is 19.1 Å². The molecule has 66 valence electrons. The summed E-state index contributed by atoms with van der Waals surface area (Å²) in [6, 6.07) is 8.24. The van der Waals surface area contributed by atoms with Crippen LogP contribution in [0.5, 0.6) is 0 Å². The topological polar surface area (TPSA) is 25.8 Å². The Balaban J connectivity index is 2.46. The van der Waals surface area contributed by atoms with Gasteiger partial charge in [0.1, 0.15) is 5.01 Å². The molecule has 2 rings (SSSR count). The van der Waals surface area contributed by atoms with Gasteiger partial charge in [0, 0.05) is 5.56 Å². The molecular weight excluding hydrogens is 180 g/mol. The highest BCUT2D eigenvalue weighted by molar-refractivity contribution is 7.05. The van der Waals surface area contributed by atoms with Crippen molar-refractivity contribution in [2.24, 2.45) is 0 Å². The number of hydrogen-bond donors (Lipinski definition) is 0. The molecule has 0 spiro atoms. The maximum absolute atomic E-state index is 4.33. The lowest BCUT2D eigenvalue weighted by Gasteiger charge is -1.95. The third-order valence-electron chi connectivity index (χ3n) is 1.80. The maximum Gasteiger partial charge on any atom is 0.173 e. The van der Waals surface area contributed by atoms with Gasteiger partial charge in [0.2, 0.25) is 0 Å². The SMILES string of the molecule is Cc1cccc(-c2nsc(C)n2)c1. The summed E-state index contributed by atoms with van der Waals surface area (Å²) in [6.45, 7) is 4.04. The maximum atomic E-state index is 4.33. The molecule has 2 nitrogen and oxygen atoms in total. The molecule has 0 saturated carbocycles. The van der Waals surface area contributed by atoms with E-state index in [9.17, 15) is 0 Å². The van der Waals surface area contributed by atoms with Gasteiger partial charge in [0.15, 0.2) is 5.82 Å². The lowest BCUT2D eigenvalue weighted by Crippen LogP contribution is -1.81. The Morgan fingerprint density at radius 3 is 2.69 bits per heavy atom. The van der Waals surface area contributed by atoms with Crippen LogP contribution in [0.3, 0.4) is 0 Å². The number of aryl methyl sites for hydroxylation is 2. The van der Waals surface area contributed by atoms with Gasteiger partial charge in [-0.2, -0.15) is 4.37 Å². The Kier molecular flexibility index (Phi) is 2.10. The monoisotopic (exact) mass is 190 g/mol. The van der Waals surface area contributed by atoms with Gasteiger partial charge in [-0.3, -0.25) is 0 Å². The molecule has 3 heteroatoms. The van der Waals surface area contributed by atoms with E-state index in [2.05, 4.69) is 28.4 Å². The van der Waals surface area contributed by atoms with Gasteiger partial charge in [-0.15, -0.1) is 0 Å². The third kappa shape index (κ3) is 1.75. The zero-order chi connectivity index (χ0) is 9.26. The van der Waals surface area contributed by atoms with Crippen LogP contribution in [0.15, 0.2) is 24.3 Å². The van der Waals surface area contributed by atoms with E-state index in [-0.39, 0.29) is 0 Å². The van der Waals surface area contributed by atoms with Crippen molar-refractivity contribution in [1.82, 2.24) is 9.36 Å².